The number of rotatable bonds is 9. The van der Waals surface area contributed by atoms with Crippen LogP contribution < -0.4 is 5.32 Å². The van der Waals surface area contributed by atoms with Gasteiger partial charge in [-0.25, -0.2) is 14.3 Å². The molecule has 2 aliphatic rings. The van der Waals surface area contributed by atoms with Gasteiger partial charge in [-0.15, -0.1) is 11.3 Å². The highest BCUT2D eigenvalue weighted by Crippen LogP contribution is 2.33. The summed E-state index contributed by atoms with van der Waals surface area (Å²) in [4.78, 5) is 14.3. The van der Waals surface area contributed by atoms with E-state index in [2.05, 4.69) is 72.3 Å². The summed E-state index contributed by atoms with van der Waals surface area (Å²) in [6.45, 7) is 11.9. The Morgan fingerprint density at radius 2 is 1.87 bits per heavy atom. The van der Waals surface area contributed by atoms with Gasteiger partial charge in [0.05, 0.1) is 11.8 Å². The van der Waals surface area contributed by atoms with E-state index in [-0.39, 0.29) is 10.9 Å². The molecule has 1 unspecified atom stereocenters. The number of benzene rings is 1. The van der Waals surface area contributed by atoms with Crippen molar-refractivity contribution in [1.82, 2.24) is 28.6 Å². The molecule has 1 atom stereocenters. The number of likely N-dealkylation sites (tertiary alicyclic amines) is 1. The fraction of sp³-hybridized carbons (Fsp3) is 0.531. The van der Waals surface area contributed by atoms with Gasteiger partial charge in [-0.2, -0.15) is 18.4 Å². The predicted octanol–water partition coefficient (Wildman–Crippen LogP) is 6.29. The van der Waals surface area contributed by atoms with E-state index in [0.717, 1.165) is 87.4 Å². The van der Waals surface area contributed by atoms with Gasteiger partial charge in [0.1, 0.15) is 28.7 Å². The Morgan fingerprint density at radius 3 is 2.58 bits per heavy atom. The van der Waals surface area contributed by atoms with Crippen LogP contribution >= 0.6 is 23.3 Å². The summed E-state index contributed by atoms with van der Waals surface area (Å²) in [5.41, 5.74) is 4.32. The van der Waals surface area contributed by atoms with Crippen molar-refractivity contribution < 1.29 is 13.2 Å². The number of piperidine rings is 1. The zero-order valence-electron chi connectivity index (χ0n) is 25.9. The standard InChI is InChI=1S/C32H39F3N8S2/c1-21-18-41(11-13-43(21)44-3)10-12-42-25(17-36)14-27-22(2)23(4-5-29(27)42)19-40-8-6-24(7-9-40)39-30-28-15-26(16-32(33,34)35)45-31(28)38-20-37-30/h4-5,14-15,20-21,24H,6-13,16,18-19H2,1-3H3,(H,37,38,39). The molecule has 2 fully saturated rings. The number of halogens is 3. The molecule has 0 aliphatic carbocycles. The first-order valence-corrected chi connectivity index (χ1v) is 17.5. The smallest absolute Gasteiger partial charge is 0.367 e. The van der Waals surface area contributed by atoms with E-state index in [9.17, 15) is 18.4 Å². The second kappa shape index (κ2) is 13.5. The van der Waals surface area contributed by atoms with E-state index < -0.39 is 12.6 Å². The zero-order valence-corrected chi connectivity index (χ0v) is 27.5. The molecule has 2 aliphatic heterocycles. The summed E-state index contributed by atoms with van der Waals surface area (Å²) in [7, 11) is 0. The van der Waals surface area contributed by atoms with Crippen LogP contribution in [-0.4, -0.2) is 92.4 Å². The van der Waals surface area contributed by atoms with Crippen LogP contribution in [0.15, 0.2) is 30.6 Å². The van der Waals surface area contributed by atoms with Crippen molar-refractivity contribution >= 4 is 50.2 Å². The van der Waals surface area contributed by atoms with Gasteiger partial charge in [0, 0.05) is 80.2 Å². The third-order valence-corrected chi connectivity index (χ3v) is 11.2. The number of thiophene rings is 1. The molecular formula is C32H39F3N8S2. The van der Waals surface area contributed by atoms with Gasteiger partial charge >= 0.3 is 6.18 Å². The molecular weight excluding hydrogens is 618 g/mol. The fourth-order valence-corrected chi connectivity index (χ4v) is 8.45. The van der Waals surface area contributed by atoms with E-state index >= 15 is 0 Å². The van der Waals surface area contributed by atoms with Crippen LogP contribution in [0, 0.1) is 18.3 Å². The average molecular weight is 657 g/mol. The normalized spacial score (nSPS) is 19.4. The maximum atomic E-state index is 12.9. The lowest BCUT2D eigenvalue weighted by atomic mass is 10.0. The molecule has 4 aromatic rings. The van der Waals surface area contributed by atoms with Crippen LogP contribution in [0.25, 0.3) is 21.1 Å². The Kier molecular flexibility index (Phi) is 9.59. The number of alkyl halides is 3. The monoisotopic (exact) mass is 656 g/mol. The third kappa shape index (κ3) is 7.25. The second-order valence-corrected chi connectivity index (χ2v) is 14.1. The van der Waals surface area contributed by atoms with Crippen LogP contribution in [0.5, 0.6) is 0 Å². The third-order valence-electron chi connectivity index (χ3n) is 9.18. The number of nitrogens with zero attached hydrogens (tertiary/aromatic N) is 7. The summed E-state index contributed by atoms with van der Waals surface area (Å²) >= 11 is 2.89. The highest BCUT2D eigenvalue weighted by molar-refractivity contribution is 7.96. The first kappa shape index (κ1) is 32.1. The quantitative estimate of drug-likeness (QED) is 0.211. The fourth-order valence-electron chi connectivity index (χ4n) is 6.73. The van der Waals surface area contributed by atoms with E-state index in [0.29, 0.717) is 27.8 Å². The number of piperazine rings is 1. The first-order chi connectivity index (χ1) is 21.6. The minimum atomic E-state index is -4.25. The second-order valence-electron chi connectivity index (χ2n) is 12.2. The Hall–Kier alpha value is -2.89. The Bertz CT molecular complexity index is 1690. The lowest BCUT2D eigenvalue weighted by molar-refractivity contribution is -0.126. The SMILES string of the molecule is CSN1CCN(CCn2c(C#N)cc3c(C)c(CN4CCC(Nc5ncnc6sc(CC(F)(F)F)cc56)CC4)ccc32)CC1C. The minimum Gasteiger partial charge on any atom is -0.367 e. The molecule has 240 valence electrons. The number of fused-ring (bicyclic) bond motifs is 2. The highest BCUT2D eigenvalue weighted by Gasteiger charge is 2.29. The number of nitrogens with one attached hydrogen (secondary N) is 1. The van der Waals surface area contributed by atoms with Crippen molar-refractivity contribution in [2.24, 2.45) is 0 Å². The number of nitriles is 1. The summed E-state index contributed by atoms with van der Waals surface area (Å²) in [6, 6.07) is 11.1. The topological polar surface area (TPSA) is 76.2 Å². The van der Waals surface area contributed by atoms with Crippen molar-refractivity contribution in [3.05, 3.63) is 52.3 Å². The van der Waals surface area contributed by atoms with Gasteiger partial charge in [0.15, 0.2) is 0 Å². The van der Waals surface area contributed by atoms with Crippen LogP contribution in [0.2, 0.25) is 0 Å². The molecule has 13 heteroatoms. The molecule has 1 N–H and O–H groups in total. The highest BCUT2D eigenvalue weighted by atomic mass is 32.2. The lowest BCUT2D eigenvalue weighted by Gasteiger charge is -2.38. The summed E-state index contributed by atoms with van der Waals surface area (Å²) < 4.78 is 43.4. The Balaban J connectivity index is 1.07. The van der Waals surface area contributed by atoms with Crippen molar-refractivity contribution in [2.45, 2.75) is 64.5 Å². The summed E-state index contributed by atoms with van der Waals surface area (Å²) in [6.07, 6.45) is 0.179. The van der Waals surface area contributed by atoms with Crippen LogP contribution in [0.1, 0.15) is 41.5 Å². The molecule has 0 bridgehead atoms. The molecule has 8 nitrogen and oxygen atoms in total. The van der Waals surface area contributed by atoms with Gasteiger partial charge < -0.3 is 9.88 Å². The molecule has 0 amide bonds. The summed E-state index contributed by atoms with van der Waals surface area (Å²) in [5.74, 6) is 0.610. The molecule has 45 heavy (non-hydrogen) atoms. The molecule has 6 rings (SSSR count). The van der Waals surface area contributed by atoms with Gasteiger partial charge in [0.25, 0.3) is 0 Å². The van der Waals surface area contributed by atoms with E-state index in [1.807, 2.05) is 18.0 Å². The number of anilines is 1. The van der Waals surface area contributed by atoms with Crippen molar-refractivity contribution in [3.8, 4) is 6.07 Å². The Morgan fingerprint density at radius 1 is 1.07 bits per heavy atom. The minimum absolute atomic E-state index is 0.188. The van der Waals surface area contributed by atoms with Gasteiger partial charge in [-0.3, -0.25) is 9.80 Å². The van der Waals surface area contributed by atoms with Crippen LogP contribution in [0.4, 0.5) is 19.0 Å². The number of hydrogen-bond donors (Lipinski definition) is 1. The molecule has 0 spiro atoms. The largest absolute Gasteiger partial charge is 0.393 e. The average Bonchev–Trinajstić information content (AvgIpc) is 3.59. The van der Waals surface area contributed by atoms with Crippen molar-refractivity contribution in [1.29, 1.82) is 5.26 Å². The first-order valence-electron chi connectivity index (χ1n) is 15.5. The van der Waals surface area contributed by atoms with Gasteiger partial charge in [-0.05, 0) is 62.3 Å². The van der Waals surface area contributed by atoms with E-state index in [1.165, 1.54) is 17.5 Å². The Labute approximate surface area is 270 Å². The lowest BCUT2D eigenvalue weighted by Crippen LogP contribution is -2.49. The van der Waals surface area contributed by atoms with Crippen molar-refractivity contribution in [3.63, 3.8) is 0 Å². The summed E-state index contributed by atoms with van der Waals surface area (Å²) in [5, 5.41) is 15.3. The molecule has 1 aromatic carbocycles. The van der Waals surface area contributed by atoms with Gasteiger partial charge in [0.2, 0.25) is 0 Å². The molecule has 5 heterocycles. The molecule has 3 aromatic heterocycles. The maximum Gasteiger partial charge on any atom is 0.393 e. The van der Waals surface area contributed by atoms with Crippen LogP contribution in [-0.2, 0) is 19.5 Å². The zero-order chi connectivity index (χ0) is 31.7. The van der Waals surface area contributed by atoms with Crippen molar-refractivity contribution in [2.75, 3.05) is 50.8 Å². The van der Waals surface area contributed by atoms with Gasteiger partial charge in [-0.1, -0.05) is 18.0 Å². The molecule has 2 saturated heterocycles. The van der Waals surface area contributed by atoms with E-state index in [1.54, 1.807) is 6.07 Å². The number of aryl methyl sites for hydroxylation is 1. The predicted molar refractivity (Wildman–Crippen MR) is 177 cm³/mol. The van der Waals surface area contributed by atoms with E-state index in [4.69, 9.17) is 0 Å². The molecule has 0 saturated carbocycles. The van der Waals surface area contributed by atoms with Crippen LogP contribution in [0.3, 0.4) is 0 Å². The number of hydrogen-bond acceptors (Lipinski definition) is 9. The molecule has 0 radical (unpaired) electrons. The maximum absolute atomic E-state index is 12.9. The number of aromatic nitrogens is 3.